The topological polar surface area (TPSA) is 55.8 Å². The number of nitrogens with zero attached hydrogens (tertiary/aromatic N) is 1. The molecule has 46 heavy (non-hydrogen) atoms. The minimum Gasteiger partial charge on any atom is -0.490 e. The average Bonchev–Trinajstić information content (AvgIpc) is 2.97. The standard InChI is InChI=1S/C40H44INO4/c1-7-45-34-18-28(17-29(41)38(34)46-24-27-15-13-25(2)14-16-27)35-36-30(19-39(3,4)21-32(36)43)42(23-26-11-9-8-10-12-26)31-20-40(5,6)22-33(44)37(31)35/h8-18,35H,7,19-24H2,1-6H3. The molecule has 0 N–H and O–H groups in total. The highest BCUT2D eigenvalue weighted by atomic mass is 127. The Morgan fingerprint density at radius 2 is 1.37 bits per heavy atom. The van der Waals surface area contributed by atoms with E-state index in [-0.39, 0.29) is 22.4 Å². The number of hydrogen-bond acceptors (Lipinski definition) is 5. The second-order valence-electron chi connectivity index (χ2n) is 14.6. The van der Waals surface area contributed by atoms with Crippen molar-refractivity contribution in [1.82, 2.24) is 4.90 Å². The van der Waals surface area contributed by atoms with Crippen LogP contribution < -0.4 is 9.47 Å². The van der Waals surface area contributed by atoms with Gasteiger partial charge in [0.1, 0.15) is 6.61 Å². The maximum Gasteiger partial charge on any atom is 0.174 e. The van der Waals surface area contributed by atoms with Crippen LogP contribution in [0.3, 0.4) is 0 Å². The van der Waals surface area contributed by atoms with Gasteiger partial charge in [-0.3, -0.25) is 9.59 Å². The van der Waals surface area contributed by atoms with E-state index in [4.69, 9.17) is 9.47 Å². The lowest BCUT2D eigenvalue weighted by Crippen LogP contribution is -2.44. The highest BCUT2D eigenvalue weighted by molar-refractivity contribution is 14.1. The summed E-state index contributed by atoms with van der Waals surface area (Å²) >= 11 is 2.31. The molecule has 3 aliphatic rings. The van der Waals surface area contributed by atoms with Gasteiger partial charge in [0.2, 0.25) is 0 Å². The van der Waals surface area contributed by atoms with Gasteiger partial charge < -0.3 is 14.4 Å². The highest BCUT2D eigenvalue weighted by Gasteiger charge is 2.49. The summed E-state index contributed by atoms with van der Waals surface area (Å²) in [6.45, 7) is 14.3. The molecule has 0 aromatic heterocycles. The third kappa shape index (κ3) is 6.55. The zero-order valence-electron chi connectivity index (χ0n) is 27.8. The molecular formula is C40H44INO4. The first-order valence-electron chi connectivity index (χ1n) is 16.3. The summed E-state index contributed by atoms with van der Waals surface area (Å²) < 4.78 is 13.5. The van der Waals surface area contributed by atoms with Crippen LogP contribution >= 0.6 is 22.6 Å². The molecule has 0 atom stereocenters. The zero-order valence-corrected chi connectivity index (χ0v) is 30.0. The summed E-state index contributed by atoms with van der Waals surface area (Å²) in [5.41, 5.74) is 7.66. The second-order valence-corrected chi connectivity index (χ2v) is 15.8. The Labute approximate surface area is 287 Å². The van der Waals surface area contributed by atoms with Crippen LogP contribution in [-0.2, 0) is 22.7 Å². The van der Waals surface area contributed by atoms with Gasteiger partial charge in [0, 0.05) is 47.8 Å². The number of hydrogen-bond donors (Lipinski definition) is 0. The van der Waals surface area contributed by atoms with Crippen molar-refractivity contribution in [3.05, 3.63) is 115 Å². The number of benzene rings is 3. The summed E-state index contributed by atoms with van der Waals surface area (Å²) in [4.78, 5) is 30.9. The lowest BCUT2D eigenvalue weighted by molar-refractivity contribution is -0.119. The maximum atomic E-state index is 14.3. The van der Waals surface area contributed by atoms with E-state index in [1.807, 2.05) is 19.1 Å². The van der Waals surface area contributed by atoms with Crippen LogP contribution in [0.25, 0.3) is 0 Å². The van der Waals surface area contributed by atoms with Crippen LogP contribution in [0.4, 0.5) is 0 Å². The molecule has 240 valence electrons. The fourth-order valence-electron chi connectivity index (χ4n) is 7.34. The average molecular weight is 730 g/mol. The van der Waals surface area contributed by atoms with Crippen molar-refractivity contribution in [3.63, 3.8) is 0 Å². The lowest BCUT2D eigenvalue weighted by atomic mass is 9.63. The SMILES string of the molecule is CCOc1cc(C2C3=C(CC(C)(C)CC3=O)N(Cc3ccccc3)C3=C2C(=O)CC(C)(C)C3)cc(I)c1OCc1ccc(C)cc1. The number of carbonyl (C=O) groups is 2. The summed E-state index contributed by atoms with van der Waals surface area (Å²) in [7, 11) is 0. The van der Waals surface area contributed by atoms with E-state index in [9.17, 15) is 9.59 Å². The quantitative estimate of drug-likeness (QED) is 0.216. The van der Waals surface area contributed by atoms with Gasteiger partial charge in [-0.05, 0) is 88.9 Å². The van der Waals surface area contributed by atoms with E-state index >= 15 is 0 Å². The van der Waals surface area contributed by atoms with Crippen molar-refractivity contribution < 1.29 is 19.1 Å². The predicted molar refractivity (Wildman–Crippen MR) is 191 cm³/mol. The predicted octanol–water partition coefficient (Wildman–Crippen LogP) is 9.46. The molecule has 3 aromatic carbocycles. The number of allylic oxidation sites excluding steroid dienone is 4. The maximum absolute atomic E-state index is 14.3. The van der Waals surface area contributed by atoms with E-state index in [2.05, 4.69) is 117 Å². The van der Waals surface area contributed by atoms with Crippen LogP contribution in [-0.4, -0.2) is 23.1 Å². The van der Waals surface area contributed by atoms with Gasteiger partial charge in [0.25, 0.3) is 0 Å². The largest absolute Gasteiger partial charge is 0.490 e. The second kappa shape index (κ2) is 12.7. The van der Waals surface area contributed by atoms with Crippen molar-refractivity contribution in [2.75, 3.05) is 6.61 Å². The minimum atomic E-state index is -0.442. The summed E-state index contributed by atoms with van der Waals surface area (Å²) in [5, 5.41) is 0. The lowest BCUT2D eigenvalue weighted by Gasteiger charge is -2.49. The smallest absolute Gasteiger partial charge is 0.174 e. The van der Waals surface area contributed by atoms with Crippen molar-refractivity contribution in [2.45, 2.75) is 86.3 Å². The molecule has 6 heteroatoms. The summed E-state index contributed by atoms with van der Waals surface area (Å²) in [6, 6.07) is 22.8. The van der Waals surface area contributed by atoms with E-state index in [0.717, 1.165) is 55.6 Å². The molecule has 5 nitrogen and oxygen atoms in total. The number of Topliss-reactive ketones (excluding diaryl/α,β-unsaturated/α-hetero) is 2. The Balaban J connectivity index is 1.51. The first kappa shape index (κ1) is 32.5. The molecule has 0 bridgehead atoms. The number of rotatable bonds is 8. The molecule has 3 aromatic rings. The van der Waals surface area contributed by atoms with Crippen molar-refractivity contribution >= 4 is 34.2 Å². The molecule has 1 aliphatic heterocycles. The van der Waals surface area contributed by atoms with Crippen molar-refractivity contribution in [2.24, 2.45) is 10.8 Å². The fourth-order valence-corrected chi connectivity index (χ4v) is 8.12. The monoisotopic (exact) mass is 729 g/mol. The normalized spacial score (nSPS) is 19.2. The Morgan fingerprint density at radius 1 is 0.783 bits per heavy atom. The van der Waals surface area contributed by atoms with E-state index in [1.165, 1.54) is 5.56 Å². The fraction of sp³-hybridized carbons (Fsp3) is 0.400. The molecule has 0 unspecified atom stereocenters. The van der Waals surface area contributed by atoms with Crippen molar-refractivity contribution in [1.29, 1.82) is 0 Å². The number of ketones is 2. The first-order chi connectivity index (χ1) is 21.9. The molecule has 0 amide bonds. The molecule has 0 radical (unpaired) electrons. The van der Waals surface area contributed by atoms with Crippen molar-refractivity contribution in [3.8, 4) is 11.5 Å². The van der Waals surface area contributed by atoms with Gasteiger partial charge in [-0.1, -0.05) is 87.9 Å². The Bertz CT molecular complexity index is 1680. The molecule has 0 saturated heterocycles. The van der Waals surface area contributed by atoms with Crippen LogP contribution in [0.1, 0.15) is 88.5 Å². The van der Waals surface area contributed by atoms with Crippen LogP contribution in [0.2, 0.25) is 0 Å². The van der Waals surface area contributed by atoms with Gasteiger partial charge in [-0.15, -0.1) is 0 Å². The molecule has 2 aliphatic carbocycles. The summed E-state index contributed by atoms with van der Waals surface area (Å²) in [5.74, 6) is 1.14. The third-order valence-corrected chi connectivity index (χ3v) is 10.2. The van der Waals surface area contributed by atoms with Crippen LogP contribution in [0.15, 0.2) is 89.3 Å². The number of ether oxygens (including phenoxy) is 2. The van der Waals surface area contributed by atoms with Gasteiger partial charge in [-0.2, -0.15) is 0 Å². The van der Waals surface area contributed by atoms with Crippen LogP contribution in [0.5, 0.6) is 11.5 Å². The van der Waals surface area contributed by atoms with Crippen LogP contribution in [0, 0.1) is 21.3 Å². The van der Waals surface area contributed by atoms with E-state index < -0.39 is 5.92 Å². The molecule has 0 spiro atoms. The van der Waals surface area contributed by atoms with Gasteiger partial charge >= 0.3 is 0 Å². The summed E-state index contributed by atoms with van der Waals surface area (Å²) in [6.07, 6.45) is 2.46. The molecule has 0 fully saturated rings. The van der Waals surface area contributed by atoms with E-state index in [1.54, 1.807) is 0 Å². The Hall–Kier alpha value is -3.39. The van der Waals surface area contributed by atoms with Gasteiger partial charge in [0.15, 0.2) is 23.1 Å². The molecule has 1 heterocycles. The number of halogens is 1. The molecule has 0 saturated carbocycles. The molecule has 6 rings (SSSR count). The Kier molecular flexibility index (Phi) is 8.96. The Morgan fingerprint density at radius 3 is 1.93 bits per heavy atom. The molecular weight excluding hydrogens is 685 g/mol. The minimum absolute atomic E-state index is 0.131. The van der Waals surface area contributed by atoms with E-state index in [0.29, 0.717) is 44.1 Å². The van der Waals surface area contributed by atoms with Gasteiger partial charge in [-0.25, -0.2) is 0 Å². The number of carbonyl (C=O) groups excluding carboxylic acids is 2. The zero-order chi connectivity index (χ0) is 32.8. The highest BCUT2D eigenvalue weighted by Crippen LogP contribution is 2.55. The number of aryl methyl sites for hydroxylation is 1. The van der Waals surface area contributed by atoms with Gasteiger partial charge in [0.05, 0.1) is 10.2 Å². The first-order valence-corrected chi connectivity index (χ1v) is 17.4. The third-order valence-electron chi connectivity index (χ3n) is 9.37.